The Hall–Kier alpha value is -2.63. The summed E-state index contributed by atoms with van der Waals surface area (Å²) in [4.78, 5) is 17.2. The van der Waals surface area contributed by atoms with E-state index in [1.54, 1.807) is 12.1 Å². The quantitative estimate of drug-likeness (QED) is 0.739. The van der Waals surface area contributed by atoms with Gasteiger partial charge in [0, 0.05) is 37.9 Å². The number of alkyl halides is 3. The maximum atomic E-state index is 15.6. The molecule has 1 fully saturated rings. The Balaban J connectivity index is 1.70. The van der Waals surface area contributed by atoms with E-state index in [4.69, 9.17) is 0 Å². The largest absolute Gasteiger partial charge is 0.325 e. The number of hydrogen-bond donors (Lipinski definition) is 1. The molecule has 2 amide bonds. The highest BCUT2D eigenvalue weighted by molar-refractivity contribution is 7.92. The number of urea groups is 1. The van der Waals surface area contributed by atoms with Gasteiger partial charge in [0.15, 0.2) is 0 Å². The lowest BCUT2D eigenvalue weighted by Gasteiger charge is -2.37. The molecule has 0 aliphatic carbocycles. The molecule has 3 rings (SSSR count). The molecule has 0 saturated carbocycles. The van der Waals surface area contributed by atoms with E-state index in [0.29, 0.717) is 5.69 Å². The van der Waals surface area contributed by atoms with Crippen LogP contribution in [0.1, 0.15) is 37.6 Å². The molecule has 1 aliphatic rings. The van der Waals surface area contributed by atoms with Crippen LogP contribution in [0.25, 0.3) is 0 Å². The molecule has 0 bridgehead atoms. The van der Waals surface area contributed by atoms with Crippen LogP contribution in [0.15, 0.2) is 29.4 Å². The Morgan fingerprint density at radius 3 is 2.48 bits per heavy atom. The molecule has 31 heavy (non-hydrogen) atoms. The van der Waals surface area contributed by atoms with Gasteiger partial charge in [0.1, 0.15) is 10.6 Å². The molecule has 8 nitrogen and oxygen atoms in total. The van der Waals surface area contributed by atoms with Crippen molar-refractivity contribution in [3.63, 3.8) is 0 Å². The zero-order chi connectivity index (χ0) is 23.0. The van der Waals surface area contributed by atoms with E-state index in [-0.39, 0.29) is 25.9 Å². The summed E-state index contributed by atoms with van der Waals surface area (Å²) in [6.45, 7) is 2.95. The molecule has 1 saturated heterocycles. The third-order valence-electron chi connectivity index (χ3n) is 5.52. The first-order valence-electron chi connectivity index (χ1n) is 9.67. The summed E-state index contributed by atoms with van der Waals surface area (Å²) in [6.07, 6.45) is -0.609. The number of carbonyl (C=O) groups is 1. The maximum absolute atomic E-state index is 15.6. The number of likely N-dealkylation sites (tertiary alicyclic amines) is 1. The van der Waals surface area contributed by atoms with Gasteiger partial charge in [-0.1, -0.05) is 0 Å². The van der Waals surface area contributed by atoms with Gasteiger partial charge in [-0.2, -0.15) is 5.10 Å². The molecule has 2 aromatic rings. The van der Waals surface area contributed by atoms with Gasteiger partial charge in [-0.05, 0) is 38.8 Å². The smallest absolute Gasteiger partial charge is 0.321 e. The zero-order valence-electron chi connectivity index (χ0n) is 17.3. The molecule has 12 heteroatoms. The molecular formula is C19H24F3N5O3S. The minimum absolute atomic E-state index is 0.0655. The maximum Gasteiger partial charge on any atom is 0.321 e. The minimum Gasteiger partial charge on any atom is -0.325 e. The average Bonchev–Trinajstić information content (AvgIpc) is 3.12. The van der Waals surface area contributed by atoms with E-state index in [1.165, 1.54) is 18.1 Å². The number of sulfone groups is 1. The Labute approximate surface area is 178 Å². The summed E-state index contributed by atoms with van der Waals surface area (Å²) in [5, 5.41) is 3.37. The fourth-order valence-electron chi connectivity index (χ4n) is 3.62. The molecule has 0 aromatic carbocycles. The first-order chi connectivity index (χ1) is 14.4. The Morgan fingerprint density at radius 1 is 1.29 bits per heavy atom. The summed E-state index contributed by atoms with van der Waals surface area (Å²) in [6, 6.07) is 3.04. The number of hydrogen-bond acceptors (Lipinski definition) is 5. The second kappa shape index (κ2) is 8.48. The molecule has 0 radical (unpaired) electrons. The van der Waals surface area contributed by atoms with Crippen molar-refractivity contribution in [1.82, 2.24) is 19.7 Å². The van der Waals surface area contributed by atoms with E-state index in [9.17, 15) is 22.0 Å². The number of amides is 2. The third-order valence-corrected chi connectivity index (χ3v) is 7.80. The molecule has 2 aromatic heterocycles. The number of anilines is 1. The van der Waals surface area contributed by atoms with Crippen LogP contribution in [0.2, 0.25) is 0 Å². The van der Waals surface area contributed by atoms with Gasteiger partial charge in [0.05, 0.1) is 11.9 Å². The van der Waals surface area contributed by atoms with Crippen LogP contribution in [0, 0.1) is 12.8 Å². The number of aromatic nitrogens is 3. The first kappa shape index (κ1) is 23.0. The highest BCUT2D eigenvalue weighted by Crippen LogP contribution is 2.41. The number of carbonyl (C=O) groups excluding carboxylic acids is 1. The van der Waals surface area contributed by atoms with Crippen LogP contribution < -0.4 is 5.32 Å². The van der Waals surface area contributed by atoms with Crippen molar-refractivity contribution in [2.24, 2.45) is 13.0 Å². The summed E-state index contributed by atoms with van der Waals surface area (Å²) >= 11 is 0. The van der Waals surface area contributed by atoms with Crippen LogP contribution in [0.5, 0.6) is 0 Å². The van der Waals surface area contributed by atoms with E-state index in [2.05, 4.69) is 15.4 Å². The second-order valence-electron chi connectivity index (χ2n) is 7.72. The molecule has 1 aliphatic heterocycles. The van der Waals surface area contributed by atoms with Crippen molar-refractivity contribution in [2.45, 2.75) is 43.0 Å². The highest BCUT2D eigenvalue weighted by atomic mass is 32.2. The van der Waals surface area contributed by atoms with Crippen LogP contribution in [0.4, 0.5) is 23.7 Å². The van der Waals surface area contributed by atoms with Crippen molar-refractivity contribution in [3.8, 4) is 0 Å². The van der Waals surface area contributed by atoms with Crippen molar-refractivity contribution < 1.29 is 26.4 Å². The van der Waals surface area contributed by atoms with Gasteiger partial charge in [0.2, 0.25) is 14.8 Å². The molecule has 1 N–H and O–H groups in total. The summed E-state index contributed by atoms with van der Waals surface area (Å²) in [7, 11) is -3.45. The van der Waals surface area contributed by atoms with E-state index >= 15 is 4.39 Å². The second-order valence-corrected chi connectivity index (χ2v) is 9.97. The number of nitrogens with zero attached hydrogens (tertiary/aromatic N) is 4. The minimum atomic E-state index is -4.74. The Kier molecular flexibility index (Phi) is 6.30. The normalized spacial score (nSPS) is 17.6. The highest BCUT2D eigenvalue weighted by Gasteiger charge is 2.50. The van der Waals surface area contributed by atoms with Crippen molar-refractivity contribution in [3.05, 3.63) is 35.9 Å². The molecule has 170 valence electrons. The average molecular weight is 459 g/mol. The summed E-state index contributed by atoms with van der Waals surface area (Å²) in [5.74, 6) is -0.965. The van der Waals surface area contributed by atoms with Crippen LogP contribution in [0.3, 0.4) is 0 Å². The topological polar surface area (TPSA) is 97.2 Å². The fourth-order valence-corrected chi connectivity index (χ4v) is 5.42. The fraction of sp³-hybridized carbons (Fsp3) is 0.526. The van der Waals surface area contributed by atoms with Crippen LogP contribution in [-0.2, 0) is 16.9 Å². The van der Waals surface area contributed by atoms with Crippen molar-refractivity contribution in [1.29, 1.82) is 0 Å². The molecule has 0 unspecified atom stereocenters. The van der Waals surface area contributed by atoms with Crippen molar-refractivity contribution in [2.75, 3.05) is 18.4 Å². The predicted molar refractivity (Wildman–Crippen MR) is 107 cm³/mol. The van der Waals surface area contributed by atoms with Gasteiger partial charge in [0.25, 0.3) is 6.43 Å². The van der Waals surface area contributed by atoms with Crippen molar-refractivity contribution >= 4 is 21.6 Å². The number of rotatable bonds is 5. The standard InChI is InChI=1S/C19H24F3N5O3S/c1-12-4-5-14(10-23-12)24-18(28)27-8-6-13(7-9-27)19(2,22)31(29,30)15-11-26(3)25-16(15)17(20)21/h4-5,10-11,13,17H,6-9H2,1-3H3,(H,24,28)/t19-/m0/s1. The number of pyridine rings is 1. The van der Waals surface area contributed by atoms with Crippen LogP contribution in [-0.4, -0.2) is 52.2 Å². The zero-order valence-corrected chi connectivity index (χ0v) is 18.2. The molecular weight excluding hydrogens is 435 g/mol. The van der Waals surface area contributed by atoms with Crippen LogP contribution >= 0.6 is 0 Å². The molecule has 0 spiro atoms. The number of halogens is 3. The van der Waals surface area contributed by atoms with Gasteiger partial charge >= 0.3 is 6.03 Å². The number of nitrogens with one attached hydrogen (secondary N) is 1. The first-order valence-corrected chi connectivity index (χ1v) is 11.2. The number of piperidine rings is 1. The van der Waals surface area contributed by atoms with Gasteiger partial charge in [-0.15, -0.1) is 0 Å². The number of aryl methyl sites for hydroxylation is 2. The van der Waals surface area contributed by atoms with Gasteiger partial charge in [-0.25, -0.2) is 26.4 Å². The summed E-state index contributed by atoms with van der Waals surface area (Å²) in [5.41, 5.74) is 0.340. The monoisotopic (exact) mass is 459 g/mol. The lowest BCUT2D eigenvalue weighted by Crippen LogP contribution is -2.48. The van der Waals surface area contributed by atoms with E-state index in [0.717, 1.165) is 23.5 Å². The predicted octanol–water partition coefficient (Wildman–Crippen LogP) is 3.46. The van der Waals surface area contributed by atoms with Gasteiger partial charge in [-0.3, -0.25) is 9.67 Å². The van der Waals surface area contributed by atoms with Gasteiger partial charge < -0.3 is 10.2 Å². The third kappa shape index (κ3) is 4.53. The van der Waals surface area contributed by atoms with E-state index in [1.807, 2.05) is 6.92 Å². The SMILES string of the molecule is Cc1ccc(NC(=O)N2CCC([C@@](C)(F)S(=O)(=O)c3cn(C)nc3C(F)F)CC2)cn1. The molecule has 1 atom stereocenters. The summed E-state index contributed by atoms with van der Waals surface area (Å²) < 4.78 is 68.8. The lowest BCUT2D eigenvalue weighted by molar-refractivity contribution is 0.116. The lowest BCUT2D eigenvalue weighted by atomic mass is 9.92. The Morgan fingerprint density at radius 2 is 1.94 bits per heavy atom. The molecule has 3 heterocycles. The van der Waals surface area contributed by atoms with E-state index < -0.39 is 43.8 Å². The Bertz CT molecular complexity index is 1050.